The minimum Gasteiger partial charge on any atom is -0.433 e. The van der Waals surface area contributed by atoms with Crippen molar-refractivity contribution >= 4 is 7.52 Å². The van der Waals surface area contributed by atoms with E-state index >= 15 is 0 Å². The largest absolute Gasteiger partial charge is 0.433 e. The van der Waals surface area contributed by atoms with E-state index in [2.05, 4.69) is 11.2 Å². The highest BCUT2D eigenvalue weighted by Crippen LogP contribution is 2.39. The SMILES string of the molecule is Cc1cc(C)cc(O[P@@](C)(=O)NCc2ccccc2)c1. The predicted molar refractivity (Wildman–Crippen MR) is 83.4 cm³/mol. The van der Waals surface area contributed by atoms with Crippen LogP contribution < -0.4 is 9.61 Å². The lowest BCUT2D eigenvalue weighted by Crippen LogP contribution is -2.13. The molecular formula is C16H20NO2P. The maximum absolute atomic E-state index is 12.4. The Morgan fingerprint density at radius 3 is 2.25 bits per heavy atom. The molecule has 1 atom stereocenters. The molecule has 0 aliphatic rings. The maximum atomic E-state index is 12.4. The molecule has 106 valence electrons. The molecule has 0 unspecified atom stereocenters. The zero-order valence-electron chi connectivity index (χ0n) is 12.1. The third-order valence-corrected chi connectivity index (χ3v) is 4.18. The van der Waals surface area contributed by atoms with Crippen LogP contribution >= 0.6 is 7.52 Å². The van der Waals surface area contributed by atoms with Crippen LogP contribution in [0, 0.1) is 13.8 Å². The van der Waals surface area contributed by atoms with Crippen molar-refractivity contribution in [2.75, 3.05) is 6.66 Å². The molecule has 4 heteroatoms. The molecule has 1 N–H and O–H groups in total. The smallest absolute Gasteiger partial charge is 0.313 e. The summed E-state index contributed by atoms with van der Waals surface area (Å²) in [4.78, 5) is 0. The van der Waals surface area contributed by atoms with Crippen LogP contribution in [-0.4, -0.2) is 6.66 Å². The fourth-order valence-corrected chi connectivity index (χ4v) is 3.09. The number of benzene rings is 2. The Morgan fingerprint density at radius 1 is 1.05 bits per heavy atom. The lowest BCUT2D eigenvalue weighted by Gasteiger charge is -2.17. The van der Waals surface area contributed by atoms with Gasteiger partial charge >= 0.3 is 7.52 Å². The quantitative estimate of drug-likeness (QED) is 0.834. The molecule has 0 saturated heterocycles. The first-order chi connectivity index (χ1) is 9.44. The summed E-state index contributed by atoms with van der Waals surface area (Å²) < 4.78 is 18.1. The van der Waals surface area contributed by atoms with Gasteiger partial charge in [0.05, 0.1) is 0 Å². The van der Waals surface area contributed by atoms with Gasteiger partial charge in [0.1, 0.15) is 5.75 Å². The molecule has 0 spiro atoms. The molecule has 0 saturated carbocycles. The first kappa shape index (κ1) is 14.8. The van der Waals surface area contributed by atoms with Gasteiger partial charge in [0.2, 0.25) is 0 Å². The molecule has 0 heterocycles. The second kappa shape index (κ2) is 6.25. The second-order valence-corrected chi connectivity index (χ2v) is 7.27. The molecule has 2 aromatic carbocycles. The number of hydrogen-bond acceptors (Lipinski definition) is 2. The van der Waals surface area contributed by atoms with E-state index in [0.29, 0.717) is 12.3 Å². The summed E-state index contributed by atoms with van der Waals surface area (Å²) in [7, 11) is -2.87. The first-order valence-electron chi connectivity index (χ1n) is 6.59. The van der Waals surface area contributed by atoms with E-state index in [9.17, 15) is 4.57 Å². The molecule has 0 aliphatic heterocycles. The molecular weight excluding hydrogens is 269 g/mol. The van der Waals surface area contributed by atoms with Gasteiger partial charge in [0.15, 0.2) is 0 Å². The molecule has 20 heavy (non-hydrogen) atoms. The van der Waals surface area contributed by atoms with Crippen LogP contribution in [0.15, 0.2) is 48.5 Å². The van der Waals surface area contributed by atoms with Crippen molar-refractivity contribution in [1.29, 1.82) is 0 Å². The van der Waals surface area contributed by atoms with Gasteiger partial charge in [-0.1, -0.05) is 36.4 Å². The molecule has 0 bridgehead atoms. The monoisotopic (exact) mass is 289 g/mol. The minimum absolute atomic E-state index is 0.527. The summed E-state index contributed by atoms with van der Waals surface area (Å²) in [5.74, 6) is 0.647. The normalized spacial score (nSPS) is 13.8. The van der Waals surface area contributed by atoms with Crippen molar-refractivity contribution in [1.82, 2.24) is 5.09 Å². The van der Waals surface area contributed by atoms with E-state index in [-0.39, 0.29) is 0 Å². The maximum Gasteiger partial charge on any atom is 0.313 e. The van der Waals surface area contributed by atoms with Crippen molar-refractivity contribution in [3.8, 4) is 5.75 Å². The molecule has 0 fully saturated rings. The molecule has 0 aromatic heterocycles. The summed E-state index contributed by atoms with van der Waals surface area (Å²) in [6.07, 6.45) is 0. The van der Waals surface area contributed by atoms with Crippen LogP contribution in [0.2, 0.25) is 0 Å². The van der Waals surface area contributed by atoms with Crippen LogP contribution in [0.25, 0.3) is 0 Å². The Hall–Kier alpha value is -1.57. The van der Waals surface area contributed by atoms with Gasteiger partial charge in [-0.3, -0.25) is 4.57 Å². The summed E-state index contributed by atoms with van der Waals surface area (Å²) in [6, 6.07) is 15.7. The van der Waals surface area contributed by atoms with E-state index in [1.54, 1.807) is 6.66 Å². The van der Waals surface area contributed by atoms with Crippen LogP contribution in [0.3, 0.4) is 0 Å². The van der Waals surface area contributed by atoms with Gasteiger partial charge in [0, 0.05) is 13.2 Å². The van der Waals surface area contributed by atoms with E-state index in [1.165, 1.54) is 0 Å². The Morgan fingerprint density at radius 2 is 1.65 bits per heavy atom. The molecule has 2 rings (SSSR count). The van der Waals surface area contributed by atoms with Gasteiger partial charge in [-0.15, -0.1) is 0 Å². The lowest BCUT2D eigenvalue weighted by atomic mass is 10.1. The third kappa shape index (κ3) is 4.52. The average Bonchev–Trinajstić information content (AvgIpc) is 2.36. The fraction of sp³-hybridized carbons (Fsp3) is 0.250. The number of hydrogen-bond donors (Lipinski definition) is 1. The molecule has 2 aromatic rings. The first-order valence-corrected chi connectivity index (χ1v) is 8.66. The van der Waals surface area contributed by atoms with Gasteiger partial charge in [0.25, 0.3) is 0 Å². The predicted octanol–water partition coefficient (Wildman–Crippen LogP) is 4.29. The summed E-state index contributed by atoms with van der Waals surface area (Å²) in [6.45, 7) is 6.13. The summed E-state index contributed by atoms with van der Waals surface area (Å²) in [5, 5.41) is 3.00. The topological polar surface area (TPSA) is 38.3 Å². The van der Waals surface area contributed by atoms with Crippen molar-refractivity contribution in [2.45, 2.75) is 20.4 Å². The van der Waals surface area contributed by atoms with Crippen molar-refractivity contribution in [3.63, 3.8) is 0 Å². The van der Waals surface area contributed by atoms with Crippen molar-refractivity contribution < 1.29 is 9.09 Å². The number of rotatable bonds is 5. The van der Waals surface area contributed by atoms with Gasteiger partial charge in [-0.05, 0) is 42.7 Å². The van der Waals surface area contributed by atoms with Crippen LogP contribution in [0.1, 0.15) is 16.7 Å². The molecule has 0 aliphatic carbocycles. The minimum atomic E-state index is -2.87. The van der Waals surface area contributed by atoms with Crippen LogP contribution in [0.4, 0.5) is 0 Å². The summed E-state index contributed by atoms with van der Waals surface area (Å²) in [5.41, 5.74) is 3.28. The Labute approximate surface area is 120 Å². The van der Waals surface area contributed by atoms with E-state index in [1.807, 2.05) is 56.3 Å². The number of aryl methyl sites for hydroxylation is 2. The fourth-order valence-electron chi connectivity index (χ4n) is 2.05. The Bertz CT molecular complexity index is 605. The zero-order valence-corrected chi connectivity index (χ0v) is 13.0. The van der Waals surface area contributed by atoms with E-state index in [0.717, 1.165) is 16.7 Å². The molecule has 0 amide bonds. The van der Waals surface area contributed by atoms with Crippen molar-refractivity contribution in [3.05, 3.63) is 65.2 Å². The molecule has 3 nitrogen and oxygen atoms in total. The Kier molecular flexibility index (Phi) is 4.64. The summed E-state index contributed by atoms with van der Waals surface area (Å²) >= 11 is 0. The van der Waals surface area contributed by atoms with Crippen LogP contribution in [-0.2, 0) is 11.1 Å². The Balaban J connectivity index is 2.02. The van der Waals surface area contributed by atoms with Gasteiger partial charge in [-0.2, -0.15) is 0 Å². The second-order valence-electron chi connectivity index (χ2n) is 5.08. The third-order valence-electron chi connectivity index (χ3n) is 2.89. The van der Waals surface area contributed by atoms with Crippen molar-refractivity contribution in [2.24, 2.45) is 0 Å². The zero-order chi connectivity index (χ0) is 14.6. The van der Waals surface area contributed by atoms with Gasteiger partial charge < -0.3 is 4.52 Å². The van der Waals surface area contributed by atoms with Gasteiger partial charge in [-0.25, -0.2) is 5.09 Å². The standard InChI is InChI=1S/C16H20NO2P/c1-13-9-14(2)11-16(10-13)19-20(3,18)17-12-15-7-5-4-6-8-15/h4-11H,12H2,1-3H3,(H,17,18)/t20-/m1/s1. The van der Waals surface area contributed by atoms with E-state index in [4.69, 9.17) is 4.52 Å². The highest BCUT2D eigenvalue weighted by molar-refractivity contribution is 7.56. The number of nitrogens with one attached hydrogen (secondary N) is 1. The average molecular weight is 289 g/mol. The van der Waals surface area contributed by atoms with Crippen LogP contribution in [0.5, 0.6) is 5.75 Å². The molecule has 0 radical (unpaired) electrons. The van der Waals surface area contributed by atoms with E-state index < -0.39 is 7.52 Å². The highest BCUT2D eigenvalue weighted by atomic mass is 31.2. The lowest BCUT2D eigenvalue weighted by molar-refractivity contribution is 0.473. The highest BCUT2D eigenvalue weighted by Gasteiger charge is 2.16.